The Kier molecular flexibility index (Phi) is 5.79. The van der Waals surface area contributed by atoms with Gasteiger partial charge in [0, 0.05) is 12.1 Å². The van der Waals surface area contributed by atoms with Crippen LogP contribution < -0.4 is 15.8 Å². The minimum Gasteiger partial charge on any atom is -0.491 e. The fourth-order valence-corrected chi connectivity index (χ4v) is 2.33. The first kappa shape index (κ1) is 18.9. The third kappa shape index (κ3) is 5.03. The first-order chi connectivity index (χ1) is 11.7. The average molecular weight is 345 g/mol. The van der Waals surface area contributed by atoms with E-state index in [4.69, 9.17) is 10.5 Å². The fourth-order valence-electron chi connectivity index (χ4n) is 2.33. The average Bonchev–Trinajstić information content (AvgIpc) is 2.96. The summed E-state index contributed by atoms with van der Waals surface area (Å²) in [6, 6.07) is 7.56. The van der Waals surface area contributed by atoms with E-state index in [0.29, 0.717) is 18.7 Å². The molecule has 3 N–H and O–H groups in total. The molecular weight excluding hydrogens is 318 g/mol. The molecule has 1 aromatic heterocycles. The summed E-state index contributed by atoms with van der Waals surface area (Å²) in [5, 5.41) is 11.0. The molecule has 1 aromatic carbocycles. The zero-order chi connectivity index (χ0) is 18.6. The van der Waals surface area contributed by atoms with Crippen LogP contribution in [-0.4, -0.2) is 39.1 Å². The Bertz CT molecular complexity index is 714. The minimum atomic E-state index is -0.482. The second kappa shape index (κ2) is 7.65. The van der Waals surface area contributed by atoms with Gasteiger partial charge in [0.2, 0.25) is 0 Å². The molecule has 0 atom stereocenters. The molecular formula is C18H27N5O2. The van der Waals surface area contributed by atoms with Crippen LogP contribution in [0.25, 0.3) is 5.69 Å². The highest BCUT2D eigenvalue weighted by atomic mass is 16.5. The van der Waals surface area contributed by atoms with Crippen molar-refractivity contribution in [2.24, 2.45) is 5.73 Å². The van der Waals surface area contributed by atoms with Gasteiger partial charge >= 0.3 is 0 Å². The highest BCUT2D eigenvalue weighted by molar-refractivity contribution is 5.93. The lowest BCUT2D eigenvalue weighted by Crippen LogP contribution is -2.45. The van der Waals surface area contributed by atoms with Gasteiger partial charge in [-0.25, -0.2) is 4.68 Å². The smallest absolute Gasteiger partial charge is 0.273 e. The molecule has 25 heavy (non-hydrogen) atoms. The predicted molar refractivity (Wildman–Crippen MR) is 97.1 cm³/mol. The number of aromatic nitrogens is 3. The second-order valence-corrected chi connectivity index (χ2v) is 6.98. The number of benzene rings is 1. The Morgan fingerprint density at radius 1 is 1.32 bits per heavy atom. The summed E-state index contributed by atoms with van der Waals surface area (Å²) in [6.45, 7) is 10.00. The SMILES string of the molecule is CCc1c(C(=O)NCC(C)(C)N)nnn1-c1ccc(OC(C)C)cc1. The molecule has 1 heterocycles. The number of amides is 1. The number of nitrogens with zero attached hydrogens (tertiary/aromatic N) is 3. The Morgan fingerprint density at radius 2 is 1.96 bits per heavy atom. The number of carbonyl (C=O) groups excluding carboxylic acids is 1. The first-order valence-electron chi connectivity index (χ1n) is 8.50. The zero-order valence-electron chi connectivity index (χ0n) is 15.5. The summed E-state index contributed by atoms with van der Waals surface area (Å²) >= 11 is 0. The van der Waals surface area contributed by atoms with Crippen LogP contribution in [0.15, 0.2) is 24.3 Å². The molecule has 0 fully saturated rings. The van der Waals surface area contributed by atoms with E-state index in [-0.39, 0.29) is 12.0 Å². The van der Waals surface area contributed by atoms with E-state index in [1.54, 1.807) is 4.68 Å². The van der Waals surface area contributed by atoms with E-state index < -0.39 is 5.54 Å². The number of carbonyl (C=O) groups is 1. The molecule has 0 aliphatic rings. The summed E-state index contributed by atoms with van der Waals surface area (Å²) in [6.07, 6.45) is 0.747. The molecule has 0 saturated carbocycles. The van der Waals surface area contributed by atoms with E-state index >= 15 is 0 Å². The lowest BCUT2D eigenvalue weighted by molar-refractivity contribution is 0.0940. The molecule has 0 unspecified atom stereocenters. The van der Waals surface area contributed by atoms with E-state index in [1.807, 2.05) is 58.9 Å². The Hall–Kier alpha value is -2.41. The summed E-state index contributed by atoms with van der Waals surface area (Å²) in [7, 11) is 0. The summed E-state index contributed by atoms with van der Waals surface area (Å²) < 4.78 is 7.33. The lowest BCUT2D eigenvalue weighted by atomic mass is 10.1. The van der Waals surface area contributed by atoms with Crippen LogP contribution in [0.3, 0.4) is 0 Å². The van der Waals surface area contributed by atoms with Gasteiger partial charge in [0.15, 0.2) is 5.69 Å². The van der Waals surface area contributed by atoms with Crippen molar-refractivity contribution in [2.75, 3.05) is 6.54 Å². The summed E-state index contributed by atoms with van der Waals surface area (Å²) in [5.74, 6) is 0.529. The fraction of sp³-hybridized carbons (Fsp3) is 0.500. The maximum absolute atomic E-state index is 12.4. The molecule has 7 heteroatoms. The Morgan fingerprint density at radius 3 is 2.48 bits per heavy atom. The molecule has 0 bridgehead atoms. The van der Waals surface area contributed by atoms with Crippen molar-refractivity contribution in [1.29, 1.82) is 0 Å². The third-order valence-electron chi connectivity index (χ3n) is 3.47. The van der Waals surface area contributed by atoms with Crippen LogP contribution in [0, 0.1) is 0 Å². The molecule has 0 saturated heterocycles. The second-order valence-electron chi connectivity index (χ2n) is 6.98. The van der Waals surface area contributed by atoms with E-state index in [2.05, 4.69) is 15.6 Å². The topological polar surface area (TPSA) is 95.1 Å². The zero-order valence-corrected chi connectivity index (χ0v) is 15.5. The molecule has 7 nitrogen and oxygen atoms in total. The standard InChI is InChI=1S/C18H27N5O2/c1-6-15-16(17(24)20-11-18(4,5)19)21-22-23(15)13-7-9-14(10-8-13)25-12(2)3/h7-10,12H,6,11,19H2,1-5H3,(H,20,24). The summed E-state index contributed by atoms with van der Waals surface area (Å²) in [5.41, 5.74) is 7.34. The van der Waals surface area contributed by atoms with Gasteiger partial charge in [0.25, 0.3) is 5.91 Å². The molecule has 136 valence electrons. The Balaban J connectivity index is 2.22. The monoisotopic (exact) mass is 345 g/mol. The van der Waals surface area contributed by atoms with Crippen molar-refractivity contribution >= 4 is 5.91 Å². The van der Waals surface area contributed by atoms with Gasteiger partial charge < -0.3 is 15.8 Å². The molecule has 2 aromatic rings. The highest BCUT2D eigenvalue weighted by Crippen LogP contribution is 2.19. The van der Waals surface area contributed by atoms with Crippen LogP contribution >= 0.6 is 0 Å². The molecule has 2 rings (SSSR count). The van der Waals surface area contributed by atoms with Gasteiger partial charge in [-0.1, -0.05) is 12.1 Å². The van der Waals surface area contributed by atoms with Crippen molar-refractivity contribution in [2.45, 2.75) is 52.7 Å². The van der Waals surface area contributed by atoms with Gasteiger partial charge in [0.1, 0.15) is 5.75 Å². The Labute approximate surface area is 148 Å². The summed E-state index contributed by atoms with van der Waals surface area (Å²) in [4.78, 5) is 12.4. The van der Waals surface area contributed by atoms with E-state index in [9.17, 15) is 4.79 Å². The normalized spacial score (nSPS) is 11.6. The van der Waals surface area contributed by atoms with Gasteiger partial charge in [-0.15, -0.1) is 5.10 Å². The quantitative estimate of drug-likeness (QED) is 0.801. The van der Waals surface area contributed by atoms with Crippen molar-refractivity contribution in [1.82, 2.24) is 20.3 Å². The first-order valence-corrected chi connectivity index (χ1v) is 8.50. The van der Waals surface area contributed by atoms with Crippen molar-refractivity contribution < 1.29 is 9.53 Å². The van der Waals surface area contributed by atoms with Crippen LogP contribution in [0.4, 0.5) is 0 Å². The molecule has 0 aliphatic carbocycles. The van der Waals surface area contributed by atoms with E-state index in [0.717, 1.165) is 17.1 Å². The molecule has 0 radical (unpaired) electrons. The van der Waals surface area contributed by atoms with Crippen LogP contribution in [-0.2, 0) is 6.42 Å². The lowest BCUT2D eigenvalue weighted by Gasteiger charge is -2.18. The van der Waals surface area contributed by atoms with E-state index in [1.165, 1.54) is 0 Å². The molecule has 0 spiro atoms. The highest BCUT2D eigenvalue weighted by Gasteiger charge is 2.21. The third-order valence-corrected chi connectivity index (χ3v) is 3.47. The maximum Gasteiger partial charge on any atom is 0.273 e. The van der Waals surface area contributed by atoms with Crippen molar-refractivity contribution in [3.8, 4) is 11.4 Å². The number of hydrogen-bond donors (Lipinski definition) is 2. The molecule has 1 amide bonds. The number of nitrogens with two attached hydrogens (primary N) is 1. The van der Waals surface area contributed by atoms with Gasteiger partial charge in [0.05, 0.1) is 17.5 Å². The predicted octanol–water partition coefficient (Wildman–Crippen LogP) is 2.08. The van der Waals surface area contributed by atoms with Gasteiger partial charge in [-0.05, 0) is 58.4 Å². The van der Waals surface area contributed by atoms with Gasteiger partial charge in [-0.2, -0.15) is 0 Å². The maximum atomic E-state index is 12.4. The van der Waals surface area contributed by atoms with Gasteiger partial charge in [-0.3, -0.25) is 4.79 Å². The minimum absolute atomic E-state index is 0.116. The number of ether oxygens (including phenoxy) is 1. The number of rotatable bonds is 7. The van der Waals surface area contributed by atoms with Crippen LogP contribution in [0.5, 0.6) is 5.75 Å². The number of nitrogens with one attached hydrogen (secondary N) is 1. The van der Waals surface area contributed by atoms with Crippen molar-refractivity contribution in [3.63, 3.8) is 0 Å². The van der Waals surface area contributed by atoms with Crippen molar-refractivity contribution in [3.05, 3.63) is 35.7 Å². The van der Waals surface area contributed by atoms with Crippen LogP contribution in [0.1, 0.15) is 50.8 Å². The van der Waals surface area contributed by atoms with Crippen LogP contribution in [0.2, 0.25) is 0 Å². The molecule has 0 aliphatic heterocycles. The number of hydrogen-bond acceptors (Lipinski definition) is 5. The largest absolute Gasteiger partial charge is 0.491 e.